The fourth-order valence-electron chi connectivity index (χ4n) is 2.41. The molecule has 4 heteroatoms. The third-order valence-electron chi connectivity index (χ3n) is 3.52. The van der Waals surface area contributed by atoms with Gasteiger partial charge in [-0.25, -0.2) is 0 Å². The van der Waals surface area contributed by atoms with Crippen LogP contribution in [-0.2, 0) is 6.42 Å². The van der Waals surface area contributed by atoms with Crippen molar-refractivity contribution in [1.82, 2.24) is 0 Å². The number of rotatable bonds is 7. The molecule has 0 aliphatic carbocycles. The van der Waals surface area contributed by atoms with Gasteiger partial charge in [-0.2, -0.15) is 0 Å². The van der Waals surface area contributed by atoms with Gasteiger partial charge < -0.3 is 15.9 Å². The summed E-state index contributed by atoms with van der Waals surface area (Å²) in [5.41, 5.74) is 6.17. The average Bonchev–Trinajstić information content (AvgIpc) is 2.45. The molecule has 3 nitrogen and oxygen atoms in total. The van der Waals surface area contributed by atoms with Gasteiger partial charge in [-0.15, -0.1) is 0 Å². The first-order chi connectivity index (χ1) is 10.4. The molecular weight excluding hydrogens is 298 g/mol. The summed E-state index contributed by atoms with van der Waals surface area (Å²) in [6, 6.07) is 5.54. The van der Waals surface area contributed by atoms with Crippen LogP contribution in [0.5, 0.6) is 0 Å². The van der Waals surface area contributed by atoms with Gasteiger partial charge in [0.15, 0.2) is 0 Å². The molecule has 4 N–H and O–H groups in total. The zero-order valence-corrected chi connectivity index (χ0v) is 14.2. The Labute approximate surface area is 138 Å². The third kappa shape index (κ3) is 6.37. The van der Waals surface area contributed by atoms with Gasteiger partial charge in [-0.05, 0) is 49.4 Å². The summed E-state index contributed by atoms with van der Waals surface area (Å²) in [5, 5.41) is 20.3. The number of aryl methyl sites for hydroxylation is 1. The minimum Gasteiger partial charge on any atom is -0.379 e. The van der Waals surface area contributed by atoms with Gasteiger partial charge in [0, 0.05) is 10.6 Å². The van der Waals surface area contributed by atoms with Crippen LogP contribution < -0.4 is 5.73 Å². The van der Waals surface area contributed by atoms with Crippen LogP contribution in [0.15, 0.2) is 18.2 Å². The van der Waals surface area contributed by atoms with Gasteiger partial charge >= 0.3 is 0 Å². The molecule has 0 aliphatic heterocycles. The summed E-state index contributed by atoms with van der Waals surface area (Å²) >= 11 is 6.15. The molecule has 0 radical (unpaired) electrons. The number of hydrogen-bond acceptors (Lipinski definition) is 3. The minimum atomic E-state index is -0.920. The van der Waals surface area contributed by atoms with Crippen LogP contribution in [-0.4, -0.2) is 22.0 Å². The van der Waals surface area contributed by atoms with E-state index in [1.807, 2.05) is 26.0 Å². The largest absolute Gasteiger partial charge is 0.379 e. The quantitative estimate of drug-likeness (QED) is 0.533. The van der Waals surface area contributed by atoms with E-state index in [1.165, 1.54) is 0 Å². The second kappa shape index (κ2) is 9.17. The molecule has 0 amide bonds. The number of nitrogens with two attached hydrogens (primary N) is 1. The van der Waals surface area contributed by atoms with Crippen molar-refractivity contribution < 1.29 is 10.2 Å². The molecule has 1 atom stereocenters. The van der Waals surface area contributed by atoms with Crippen LogP contribution >= 0.6 is 11.6 Å². The molecular formula is C18H26ClNO2. The van der Waals surface area contributed by atoms with E-state index >= 15 is 0 Å². The molecule has 22 heavy (non-hydrogen) atoms. The topological polar surface area (TPSA) is 66.5 Å². The molecule has 0 spiro atoms. The highest BCUT2D eigenvalue weighted by molar-refractivity contribution is 6.31. The van der Waals surface area contributed by atoms with E-state index in [0.29, 0.717) is 30.7 Å². The summed E-state index contributed by atoms with van der Waals surface area (Å²) in [7, 11) is 0. The van der Waals surface area contributed by atoms with Crippen molar-refractivity contribution in [3.05, 3.63) is 34.3 Å². The summed E-state index contributed by atoms with van der Waals surface area (Å²) in [6.45, 7) is 4.08. The first-order valence-corrected chi connectivity index (χ1v) is 8.25. The minimum absolute atomic E-state index is 0.451. The molecule has 0 aliphatic rings. The summed E-state index contributed by atoms with van der Waals surface area (Å²) in [5.74, 6) is 6.07. The first kappa shape index (κ1) is 19.0. The van der Waals surface area contributed by atoms with Crippen molar-refractivity contribution in [2.24, 2.45) is 5.73 Å². The molecule has 0 heterocycles. The fourth-order valence-corrected chi connectivity index (χ4v) is 2.63. The normalized spacial score (nSPS) is 12.6. The third-order valence-corrected chi connectivity index (χ3v) is 3.89. The maximum Gasteiger partial charge on any atom is 0.125 e. The van der Waals surface area contributed by atoms with Gasteiger partial charge in [-0.3, -0.25) is 0 Å². The molecule has 0 aromatic heterocycles. The molecule has 0 saturated carbocycles. The van der Waals surface area contributed by atoms with Crippen LogP contribution in [0.3, 0.4) is 0 Å². The van der Waals surface area contributed by atoms with E-state index in [0.717, 1.165) is 24.0 Å². The Kier molecular flexibility index (Phi) is 7.92. The Hall–Kier alpha value is -1.05. The van der Waals surface area contributed by atoms with E-state index in [9.17, 15) is 10.2 Å². The lowest BCUT2D eigenvalue weighted by Gasteiger charge is -2.20. The Balaban J connectivity index is 2.94. The van der Waals surface area contributed by atoms with E-state index in [1.54, 1.807) is 6.07 Å². The molecule has 1 unspecified atom stereocenters. The van der Waals surface area contributed by atoms with Crippen LogP contribution in [0.1, 0.15) is 57.1 Å². The standard InChI is InChI=1S/C18H26ClNO2/c1-3-10-18(22,11-4-2)12-9-14-5-7-16(19)15(13-14)6-8-17(20)21/h5,7,13,17,21-22H,3-4,6,8,10-11,20H2,1-2H3. The number of halogens is 1. The van der Waals surface area contributed by atoms with Crippen molar-refractivity contribution in [2.45, 2.75) is 64.2 Å². The molecule has 122 valence electrons. The second-order valence-electron chi connectivity index (χ2n) is 5.69. The SMILES string of the molecule is CCCC(O)(C#Cc1ccc(Cl)c(CCC(N)O)c1)CCC. The van der Waals surface area contributed by atoms with Crippen LogP contribution in [0.2, 0.25) is 5.02 Å². The Morgan fingerprint density at radius 1 is 1.27 bits per heavy atom. The molecule has 0 saturated heterocycles. The van der Waals surface area contributed by atoms with E-state index in [-0.39, 0.29) is 0 Å². The van der Waals surface area contributed by atoms with Gasteiger partial charge in [0.2, 0.25) is 0 Å². The van der Waals surface area contributed by atoms with Crippen molar-refractivity contribution in [3.8, 4) is 11.8 Å². The van der Waals surface area contributed by atoms with E-state index in [2.05, 4.69) is 11.8 Å². The summed E-state index contributed by atoms with van der Waals surface area (Å²) in [6.07, 6.45) is 3.34. The lowest BCUT2D eigenvalue weighted by atomic mass is 9.93. The number of aliphatic hydroxyl groups is 2. The van der Waals surface area contributed by atoms with Gasteiger partial charge in [0.1, 0.15) is 11.8 Å². The summed E-state index contributed by atoms with van der Waals surface area (Å²) < 4.78 is 0. The molecule has 1 aromatic carbocycles. The lowest BCUT2D eigenvalue weighted by Crippen LogP contribution is -2.25. The molecule has 0 fully saturated rings. The highest BCUT2D eigenvalue weighted by Gasteiger charge is 2.21. The number of hydrogen-bond donors (Lipinski definition) is 3. The van der Waals surface area contributed by atoms with E-state index in [4.69, 9.17) is 17.3 Å². The number of aliphatic hydroxyl groups excluding tert-OH is 1. The smallest absolute Gasteiger partial charge is 0.125 e. The molecule has 0 bridgehead atoms. The molecule has 1 rings (SSSR count). The second-order valence-corrected chi connectivity index (χ2v) is 6.10. The van der Waals surface area contributed by atoms with Gasteiger partial charge in [0.25, 0.3) is 0 Å². The number of benzene rings is 1. The average molecular weight is 324 g/mol. The Bertz CT molecular complexity index is 526. The maximum atomic E-state index is 10.5. The van der Waals surface area contributed by atoms with Crippen LogP contribution in [0, 0.1) is 11.8 Å². The van der Waals surface area contributed by atoms with Gasteiger partial charge in [0.05, 0.1) is 0 Å². The zero-order chi connectivity index (χ0) is 16.6. The highest BCUT2D eigenvalue weighted by Crippen LogP contribution is 2.21. The first-order valence-electron chi connectivity index (χ1n) is 7.88. The fraction of sp³-hybridized carbons (Fsp3) is 0.556. The van der Waals surface area contributed by atoms with Crippen molar-refractivity contribution in [1.29, 1.82) is 0 Å². The van der Waals surface area contributed by atoms with Gasteiger partial charge in [-0.1, -0.05) is 50.1 Å². The lowest BCUT2D eigenvalue weighted by molar-refractivity contribution is 0.0807. The predicted octanol–water partition coefficient (Wildman–Crippen LogP) is 3.23. The zero-order valence-electron chi connectivity index (χ0n) is 13.4. The van der Waals surface area contributed by atoms with Crippen molar-refractivity contribution in [3.63, 3.8) is 0 Å². The Morgan fingerprint density at radius 2 is 1.91 bits per heavy atom. The van der Waals surface area contributed by atoms with Crippen LogP contribution in [0.25, 0.3) is 0 Å². The van der Waals surface area contributed by atoms with E-state index < -0.39 is 11.8 Å². The molecule has 1 aromatic rings. The highest BCUT2D eigenvalue weighted by atomic mass is 35.5. The summed E-state index contributed by atoms with van der Waals surface area (Å²) in [4.78, 5) is 0. The maximum absolute atomic E-state index is 10.5. The Morgan fingerprint density at radius 3 is 2.45 bits per heavy atom. The predicted molar refractivity (Wildman–Crippen MR) is 91.6 cm³/mol. The van der Waals surface area contributed by atoms with Crippen LogP contribution in [0.4, 0.5) is 0 Å². The van der Waals surface area contributed by atoms with Crippen molar-refractivity contribution in [2.75, 3.05) is 0 Å². The monoisotopic (exact) mass is 323 g/mol. The van der Waals surface area contributed by atoms with Crippen molar-refractivity contribution >= 4 is 11.6 Å².